The third-order valence-corrected chi connectivity index (χ3v) is 4.14. The Bertz CT molecular complexity index is 614. The third-order valence-electron chi connectivity index (χ3n) is 4.14. The highest BCUT2D eigenvalue weighted by molar-refractivity contribution is 5.21. The predicted octanol–water partition coefficient (Wildman–Crippen LogP) is 1.83. The highest BCUT2D eigenvalue weighted by Gasteiger charge is 2.22. The Labute approximate surface area is 130 Å². The van der Waals surface area contributed by atoms with Crippen LogP contribution in [0.15, 0.2) is 4.52 Å². The summed E-state index contributed by atoms with van der Waals surface area (Å²) in [7, 11) is 0. The molecule has 7 nitrogen and oxygen atoms in total. The van der Waals surface area contributed by atoms with Crippen molar-refractivity contribution in [3.05, 3.63) is 28.4 Å². The first kappa shape index (κ1) is 15.2. The van der Waals surface area contributed by atoms with Crippen molar-refractivity contribution in [3.8, 4) is 0 Å². The number of hydrogen-bond donors (Lipinski definition) is 0. The van der Waals surface area contributed by atoms with E-state index in [-0.39, 0.29) is 0 Å². The standard InChI is InChI=1S/C15H23N5O2/c1-4-21-10-14-15-9-19(6-5-7-20(15)18-16-14)8-13-11(2)17-22-12(13)3/h4-10H2,1-3H3. The van der Waals surface area contributed by atoms with E-state index in [1.54, 1.807) is 0 Å². The highest BCUT2D eigenvalue weighted by atomic mass is 16.5. The molecule has 0 amide bonds. The quantitative estimate of drug-likeness (QED) is 0.839. The van der Waals surface area contributed by atoms with E-state index in [0.717, 1.165) is 55.4 Å². The smallest absolute Gasteiger partial charge is 0.138 e. The first-order valence-corrected chi connectivity index (χ1v) is 7.82. The van der Waals surface area contributed by atoms with Gasteiger partial charge in [0.25, 0.3) is 0 Å². The topological polar surface area (TPSA) is 69.2 Å². The molecule has 1 aliphatic heterocycles. The average molecular weight is 305 g/mol. The van der Waals surface area contributed by atoms with E-state index in [2.05, 4.69) is 20.4 Å². The van der Waals surface area contributed by atoms with E-state index in [1.807, 2.05) is 25.5 Å². The minimum absolute atomic E-state index is 0.533. The Morgan fingerprint density at radius 1 is 1.27 bits per heavy atom. The van der Waals surface area contributed by atoms with E-state index < -0.39 is 0 Å². The van der Waals surface area contributed by atoms with Gasteiger partial charge in [-0.2, -0.15) is 0 Å². The van der Waals surface area contributed by atoms with Crippen LogP contribution >= 0.6 is 0 Å². The molecule has 0 unspecified atom stereocenters. The second kappa shape index (κ2) is 6.58. The molecular formula is C15H23N5O2. The highest BCUT2D eigenvalue weighted by Crippen LogP contribution is 2.20. The van der Waals surface area contributed by atoms with Gasteiger partial charge in [0.15, 0.2) is 0 Å². The summed E-state index contributed by atoms with van der Waals surface area (Å²) in [6.07, 6.45) is 1.06. The van der Waals surface area contributed by atoms with Crippen molar-refractivity contribution in [2.75, 3.05) is 13.2 Å². The lowest BCUT2D eigenvalue weighted by Crippen LogP contribution is -2.24. The van der Waals surface area contributed by atoms with Crippen LogP contribution in [0.4, 0.5) is 0 Å². The van der Waals surface area contributed by atoms with Crippen LogP contribution in [0.1, 0.15) is 41.8 Å². The maximum Gasteiger partial charge on any atom is 0.138 e. The summed E-state index contributed by atoms with van der Waals surface area (Å²) in [5.74, 6) is 0.905. The average Bonchev–Trinajstić information content (AvgIpc) is 2.95. The summed E-state index contributed by atoms with van der Waals surface area (Å²) in [4.78, 5) is 2.41. The van der Waals surface area contributed by atoms with Gasteiger partial charge in [-0.1, -0.05) is 10.4 Å². The van der Waals surface area contributed by atoms with Crippen molar-refractivity contribution in [2.24, 2.45) is 0 Å². The molecule has 0 fully saturated rings. The Morgan fingerprint density at radius 2 is 2.14 bits per heavy atom. The minimum atomic E-state index is 0.533. The Hall–Kier alpha value is -1.73. The normalized spacial score (nSPS) is 15.8. The van der Waals surface area contributed by atoms with Crippen LogP contribution in [0.5, 0.6) is 0 Å². The van der Waals surface area contributed by atoms with Crippen LogP contribution in [-0.2, 0) is 31.0 Å². The van der Waals surface area contributed by atoms with E-state index in [0.29, 0.717) is 13.2 Å². The number of ether oxygens (including phenoxy) is 1. The molecule has 3 heterocycles. The summed E-state index contributed by atoms with van der Waals surface area (Å²) >= 11 is 0. The van der Waals surface area contributed by atoms with Gasteiger partial charge in [-0.15, -0.1) is 5.10 Å². The molecule has 0 aromatic carbocycles. The molecule has 2 aromatic heterocycles. The first-order valence-electron chi connectivity index (χ1n) is 7.82. The Balaban J connectivity index is 1.77. The molecule has 0 radical (unpaired) electrons. The lowest BCUT2D eigenvalue weighted by atomic mass is 10.2. The van der Waals surface area contributed by atoms with Gasteiger partial charge in [0.1, 0.15) is 11.5 Å². The lowest BCUT2D eigenvalue weighted by molar-refractivity contribution is 0.129. The molecule has 120 valence electrons. The number of aromatic nitrogens is 4. The SMILES string of the molecule is CCOCc1nnn2c1CN(Cc1c(C)noc1C)CCC2. The van der Waals surface area contributed by atoms with E-state index in [9.17, 15) is 0 Å². The molecule has 0 atom stereocenters. The largest absolute Gasteiger partial charge is 0.375 e. The van der Waals surface area contributed by atoms with Gasteiger partial charge in [0.05, 0.1) is 18.0 Å². The summed E-state index contributed by atoms with van der Waals surface area (Å²) in [5.41, 5.74) is 4.28. The van der Waals surface area contributed by atoms with Gasteiger partial charge in [-0.25, -0.2) is 4.68 Å². The number of aryl methyl sites for hydroxylation is 3. The maximum absolute atomic E-state index is 5.50. The Morgan fingerprint density at radius 3 is 2.86 bits per heavy atom. The van der Waals surface area contributed by atoms with E-state index in [4.69, 9.17) is 9.26 Å². The van der Waals surface area contributed by atoms with Gasteiger partial charge in [0.2, 0.25) is 0 Å². The fourth-order valence-corrected chi connectivity index (χ4v) is 2.85. The molecule has 0 aliphatic carbocycles. The van der Waals surface area contributed by atoms with Gasteiger partial charge in [0, 0.05) is 38.3 Å². The molecule has 0 spiro atoms. The summed E-state index contributed by atoms with van der Waals surface area (Å²) in [6, 6.07) is 0. The maximum atomic E-state index is 5.50. The van der Waals surface area contributed by atoms with Crippen LogP contribution in [0, 0.1) is 13.8 Å². The molecular weight excluding hydrogens is 282 g/mol. The predicted molar refractivity (Wildman–Crippen MR) is 80.1 cm³/mol. The molecule has 0 saturated carbocycles. The number of fused-ring (bicyclic) bond motifs is 1. The second-order valence-corrected chi connectivity index (χ2v) is 5.71. The van der Waals surface area contributed by atoms with E-state index >= 15 is 0 Å². The van der Waals surface area contributed by atoms with Gasteiger partial charge >= 0.3 is 0 Å². The van der Waals surface area contributed by atoms with Crippen molar-refractivity contribution in [1.29, 1.82) is 0 Å². The van der Waals surface area contributed by atoms with Gasteiger partial charge in [-0.3, -0.25) is 4.90 Å². The van der Waals surface area contributed by atoms with Crippen molar-refractivity contribution in [2.45, 2.75) is 53.4 Å². The van der Waals surface area contributed by atoms with E-state index in [1.165, 1.54) is 5.56 Å². The fraction of sp³-hybridized carbons (Fsp3) is 0.667. The molecule has 0 bridgehead atoms. The van der Waals surface area contributed by atoms with Gasteiger partial charge < -0.3 is 9.26 Å². The van der Waals surface area contributed by atoms with Gasteiger partial charge in [-0.05, 0) is 27.2 Å². The fourth-order valence-electron chi connectivity index (χ4n) is 2.85. The zero-order chi connectivity index (χ0) is 15.5. The summed E-state index contributed by atoms with van der Waals surface area (Å²) in [6.45, 7) is 10.8. The number of rotatable bonds is 5. The van der Waals surface area contributed by atoms with Crippen LogP contribution in [0.25, 0.3) is 0 Å². The first-order chi connectivity index (χ1) is 10.7. The molecule has 3 rings (SSSR count). The number of hydrogen-bond acceptors (Lipinski definition) is 6. The van der Waals surface area contributed by atoms with Crippen LogP contribution in [0.2, 0.25) is 0 Å². The van der Waals surface area contributed by atoms with Crippen molar-refractivity contribution in [3.63, 3.8) is 0 Å². The molecule has 2 aromatic rings. The molecule has 22 heavy (non-hydrogen) atoms. The van der Waals surface area contributed by atoms with Crippen molar-refractivity contribution in [1.82, 2.24) is 25.1 Å². The minimum Gasteiger partial charge on any atom is -0.375 e. The van der Waals surface area contributed by atoms with Crippen LogP contribution in [-0.4, -0.2) is 38.2 Å². The number of nitrogens with zero attached hydrogens (tertiary/aromatic N) is 5. The molecule has 1 aliphatic rings. The third kappa shape index (κ3) is 3.05. The second-order valence-electron chi connectivity index (χ2n) is 5.71. The molecule has 0 saturated heterocycles. The molecule has 0 N–H and O–H groups in total. The lowest BCUT2D eigenvalue weighted by Gasteiger charge is -2.19. The summed E-state index contributed by atoms with van der Waals surface area (Å²) < 4.78 is 12.8. The zero-order valence-corrected chi connectivity index (χ0v) is 13.5. The Kier molecular flexibility index (Phi) is 4.54. The molecule has 7 heteroatoms. The van der Waals surface area contributed by atoms with Crippen LogP contribution in [0.3, 0.4) is 0 Å². The van der Waals surface area contributed by atoms with Crippen molar-refractivity contribution < 1.29 is 9.26 Å². The van der Waals surface area contributed by atoms with Crippen molar-refractivity contribution >= 4 is 0 Å². The monoisotopic (exact) mass is 305 g/mol. The summed E-state index contributed by atoms with van der Waals surface area (Å²) in [5, 5.41) is 12.6. The van der Waals surface area contributed by atoms with Crippen LogP contribution < -0.4 is 0 Å². The zero-order valence-electron chi connectivity index (χ0n) is 13.5.